The Hall–Kier alpha value is -1.88. The molecule has 1 aliphatic rings. The van der Waals surface area contributed by atoms with Crippen LogP contribution in [0.1, 0.15) is 16.2 Å². The minimum absolute atomic E-state index is 0.0373. The van der Waals surface area contributed by atoms with Gasteiger partial charge in [0.1, 0.15) is 5.76 Å². The molecule has 92 valence electrons. The second-order valence-corrected chi connectivity index (χ2v) is 5.11. The molecule has 0 radical (unpaired) electrons. The van der Waals surface area contributed by atoms with E-state index in [0.29, 0.717) is 13.1 Å². The number of rotatable bonds is 2. The highest BCUT2D eigenvalue weighted by Crippen LogP contribution is 2.18. The molecule has 0 N–H and O–H groups in total. The van der Waals surface area contributed by atoms with Crippen molar-refractivity contribution in [2.45, 2.75) is 13.0 Å². The first-order valence-electron chi connectivity index (χ1n) is 5.76. The van der Waals surface area contributed by atoms with Gasteiger partial charge in [-0.3, -0.25) is 4.79 Å². The summed E-state index contributed by atoms with van der Waals surface area (Å²) in [5, 5.41) is 5.75. The van der Waals surface area contributed by atoms with Crippen molar-refractivity contribution in [2.24, 2.45) is 0 Å². The maximum absolute atomic E-state index is 12.0. The Balaban J connectivity index is 1.68. The third-order valence-electron chi connectivity index (χ3n) is 2.94. The molecule has 0 aromatic carbocycles. The highest BCUT2D eigenvalue weighted by Gasteiger charge is 2.21. The van der Waals surface area contributed by atoms with E-state index in [0.717, 1.165) is 22.6 Å². The minimum atomic E-state index is 0.0373. The van der Waals surface area contributed by atoms with Crippen molar-refractivity contribution < 1.29 is 9.32 Å². The van der Waals surface area contributed by atoms with Gasteiger partial charge in [-0.2, -0.15) is 0 Å². The fourth-order valence-electron chi connectivity index (χ4n) is 1.97. The van der Waals surface area contributed by atoms with Gasteiger partial charge < -0.3 is 9.42 Å². The topological polar surface area (TPSA) is 46.3 Å². The summed E-state index contributed by atoms with van der Waals surface area (Å²) in [5.74, 6) is 0.941. The molecule has 3 rings (SSSR count). The zero-order valence-corrected chi connectivity index (χ0v) is 10.5. The first-order valence-corrected chi connectivity index (χ1v) is 6.64. The van der Waals surface area contributed by atoms with Gasteiger partial charge >= 0.3 is 0 Å². The van der Waals surface area contributed by atoms with Gasteiger partial charge in [-0.1, -0.05) is 11.2 Å². The summed E-state index contributed by atoms with van der Waals surface area (Å²) in [5.41, 5.74) is 1.01. The number of nitrogens with zero attached hydrogens (tertiary/aromatic N) is 2. The SMILES string of the molecule is O=C(/C=C/c1cccs1)N1CCc2oncc2C1. The average molecular weight is 260 g/mol. The molecule has 3 heterocycles. The van der Waals surface area contributed by atoms with Crippen molar-refractivity contribution >= 4 is 23.3 Å². The Morgan fingerprint density at radius 2 is 2.50 bits per heavy atom. The highest BCUT2D eigenvalue weighted by atomic mass is 32.1. The Labute approximate surface area is 109 Å². The molecule has 0 bridgehead atoms. The lowest BCUT2D eigenvalue weighted by Crippen LogP contribution is -2.34. The lowest BCUT2D eigenvalue weighted by Gasteiger charge is -2.24. The molecule has 1 aliphatic heterocycles. The molecule has 18 heavy (non-hydrogen) atoms. The van der Waals surface area contributed by atoms with E-state index in [9.17, 15) is 4.79 Å². The molecule has 2 aromatic rings. The first kappa shape index (κ1) is 11.2. The van der Waals surface area contributed by atoms with Crippen molar-refractivity contribution in [3.05, 3.63) is 46.0 Å². The largest absolute Gasteiger partial charge is 0.361 e. The third kappa shape index (κ3) is 2.22. The van der Waals surface area contributed by atoms with E-state index < -0.39 is 0 Å². The van der Waals surface area contributed by atoms with Gasteiger partial charge in [0, 0.05) is 29.5 Å². The van der Waals surface area contributed by atoms with Crippen molar-refractivity contribution in [2.75, 3.05) is 6.54 Å². The molecule has 1 amide bonds. The second kappa shape index (κ2) is 4.78. The predicted octanol–water partition coefficient (Wildman–Crippen LogP) is 2.33. The lowest BCUT2D eigenvalue weighted by molar-refractivity contribution is -0.126. The minimum Gasteiger partial charge on any atom is -0.361 e. The quantitative estimate of drug-likeness (QED) is 0.779. The van der Waals surface area contributed by atoms with Gasteiger partial charge in [-0.25, -0.2) is 0 Å². The molecule has 0 saturated carbocycles. The summed E-state index contributed by atoms with van der Waals surface area (Å²) in [7, 11) is 0. The Morgan fingerprint density at radius 1 is 1.56 bits per heavy atom. The van der Waals surface area contributed by atoms with Crippen LogP contribution in [-0.4, -0.2) is 22.5 Å². The van der Waals surface area contributed by atoms with Gasteiger partial charge in [0.15, 0.2) is 0 Å². The van der Waals surface area contributed by atoms with Gasteiger partial charge in [0.05, 0.1) is 12.7 Å². The highest BCUT2D eigenvalue weighted by molar-refractivity contribution is 7.10. The number of aromatic nitrogens is 1. The van der Waals surface area contributed by atoms with E-state index in [4.69, 9.17) is 4.52 Å². The molecule has 0 saturated heterocycles. The summed E-state index contributed by atoms with van der Waals surface area (Å²) < 4.78 is 5.10. The molecule has 0 spiro atoms. The third-order valence-corrected chi connectivity index (χ3v) is 3.78. The lowest BCUT2D eigenvalue weighted by atomic mass is 10.1. The summed E-state index contributed by atoms with van der Waals surface area (Å²) in [6, 6.07) is 3.96. The van der Waals surface area contributed by atoms with E-state index in [2.05, 4.69) is 5.16 Å². The summed E-state index contributed by atoms with van der Waals surface area (Å²) >= 11 is 1.62. The van der Waals surface area contributed by atoms with Crippen LogP contribution in [0.15, 0.2) is 34.3 Å². The van der Waals surface area contributed by atoms with E-state index in [1.165, 1.54) is 0 Å². The number of carbonyl (C=O) groups excluding carboxylic acids is 1. The van der Waals surface area contributed by atoms with Crippen LogP contribution in [-0.2, 0) is 17.8 Å². The molecule has 0 aliphatic carbocycles. The van der Waals surface area contributed by atoms with Crippen LogP contribution < -0.4 is 0 Å². The maximum atomic E-state index is 12.0. The Kier molecular flexibility index (Phi) is 2.98. The standard InChI is InChI=1S/C13H12N2O2S/c16-13(4-3-11-2-1-7-18-11)15-6-5-12-10(9-15)8-14-17-12/h1-4,7-8H,5-6,9H2/b4-3+. The van der Waals surface area contributed by atoms with Crippen LogP contribution in [0.25, 0.3) is 6.08 Å². The molecular weight excluding hydrogens is 248 g/mol. The van der Waals surface area contributed by atoms with Gasteiger partial charge in [-0.15, -0.1) is 11.3 Å². The fraction of sp³-hybridized carbons (Fsp3) is 0.231. The average Bonchev–Trinajstić information content (AvgIpc) is 3.05. The van der Waals surface area contributed by atoms with Crippen LogP contribution in [0.5, 0.6) is 0 Å². The Bertz CT molecular complexity index is 572. The van der Waals surface area contributed by atoms with Crippen molar-refractivity contribution in [3.8, 4) is 0 Å². The van der Waals surface area contributed by atoms with Gasteiger partial charge in [0.2, 0.25) is 5.91 Å². The van der Waals surface area contributed by atoms with Gasteiger partial charge in [-0.05, 0) is 17.5 Å². The molecule has 4 nitrogen and oxygen atoms in total. The first-order chi connectivity index (χ1) is 8.83. The monoisotopic (exact) mass is 260 g/mol. The number of thiophene rings is 1. The van der Waals surface area contributed by atoms with E-state index in [1.807, 2.05) is 28.5 Å². The summed E-state index contributed by atoms with van der Waals surface area (Å²) in [4.78, 5) is 14.9. The molecule has 5 heteroatoms. The number of fused-ring (bicyclic) bond motifs is 1. The number of hydrogen-bond acceptors (Lipinski definition) is 4. The zero-order chi connectivity index (χ0) is 12.4. The predicted molar refractivity (Wildman–Crippen MR) is 69.0 cm³/mol. The van der Waals surface area contributed by atoms with Crippen LogP contribution in [0, 0.1) is 0 Å². The molecule has 0 fully saturated rings. The van der Waals surface area contributed by atoms with E-state index in [1.54, 1.807) is 23.6 Å². The van der Waals surface area contributed by atoms with Crippen LogP contribution in [0.4, 0.5) is 0 Å². The molecule has 0 atom stereocenters. The fourth-order valence-corrected chi connectivity index (χ4v) is 2.59. The van der Waals surface area contributed by atoms with Gasteiger partial charge in [0.25, 0.3) is 0 Å². The zero-order valence-electron chi connectivity index (χ0n) is 9.70. The summed E-state index contributed by atoms with van der Waals surface area (Å²) in [6.45, 7) is 1.28. The molecule has 0 unspecified atom stereocenters. The second-order valence-electron chi connectivity index (χ2n) is 4.13. The molecule has 2 aromatic heterocycles. The smallest absolute Gasteiger partial charge is 0.246 e. The van der Waals surface area contributed by atoms with E-state index in [-0.39, 0.29) is 5.91 Å². The molecular formula is C13H12N2O2S. The van der Waals surface area contributed by atoms with Crippen molar-refractivity contribution in [1.82, 2.24) is 10.1 Å². The van der Waals surface area contributed by atoms with E-state index >= 15 is 0 Å². The number of carbonyl (C=O) groups is 1. The number of hydrogen-bond donors (Lipinski definition) is 0. The maximum Gasteiger partial charge on any atom is 0.246 e. The Morgan fingerprint density at radius 3 is 3.33 bits per heavy atom. The normalized spacial score (nSPS) is 15.0. The van der Waals surface area contributed by atoms with Crippen LogP contribution in [0.2, 0.25) is 0 Å². The summed E-state index contributed by atoms with van der Waals surface area (Å²) in [6.07, 6.45) is 5.92. The number of amides is 1. The van der Waals surface area contributed by atoms with Crippen molar-refractivity contribution in [3.63, 3.8) is 0 Å². The van der Waals surface area contributed by atoms with Crippen molar-refractivity contribution in [1.29, 1.82) is 0 Å². The van der Waals surface area contributed by atoms with Crippen LogP contribution >= 0.6 is 11.3 Å². The van der Waals surface area contributed by atoms with Crippen LogP contribution in [0.3, 0.4) is 0 Å².